The molecule has 0 atom stereocenters. The Morgan fingerprint density at radius 3 is 2.14 bits per heavy atom. The van der Waals surface area contributed by atoms with Crippen LogP contribution in [0.15, 0.2) is 84.9 Å². The standard InChI is InChI=1S/C29H20N2O5/c32-25(30-16-15-18-5-1-2-10-24(18)30)17-36-29(35)20-11-13-21(14-12-20)31-27(33)22-8-3-6-19-7-4-9-23(26(19)22)28(31)34/h1-14H,15-17H2. The molecule has 0 radical (unpaired) electrons. The van der Waals surface area contributed by atoms with Gasteiger partial charge < -0.3 is 9.64 Å². The van der Waals surface area contributed by atoms with E-state index in [1.54, 1.807) is 29.2 Å². The van der Waals surface area contributed by atoms with Crippen molar-refractivity contribution in [2.75, 3.05) is 23.0 Å². The van der Waals surface area contributed by atoms with Crippen molar-refractivity contribution in [1.82, 2.24) is 0 Å². The van der Waals surface area contributed by atoms with E-state index in [1.807, 2.05) is 36.4 Å². The maximum absolute atomic E-state index is 13.2. The molecule has 36 heavy (non-hydrogen) atoms. The smallest absolute Gasteiger partial charge is 0.338 e. The summed E-state index contributed by atoms with van der Waals surface area (Å²) >= 11 is 0. The van der Waals surface area contributed by atoms with Gasteiger partial charge in [-0.25, -0.2) is 9.69 Å². The fraction of sp³-hybridized carbons (Fsp3) is 0.103. The minimum absolute atomic E-state index is 0.216. The average Bonchev–Trinajstić information content (AvgIpc) is 3.35. The molecule has 0 aliphatic carbocycles. The quantitative estimate of drug-likeness (QED) is 0.322. The molecule has 0 unspecified atom stereocenters. The zero-order chi connectivity index (χ0) is 24.8. The van der Waals surface area contributed by atoms with E-state index in [-0.39, 0.29) is 18.1 Å². The molecular formula is C29H20N2O5. The summed E-state index contributed by atoms with van der Waals surface area (Å²) in [7, 11) is 0. The monoisotopic (exact) mass is 476 g/mol. The number of carbonyl (C=O) groups excluding carboxylic acids is 4. The van der Waals surface area contributed by atoms with Crippen molar-refractivity contribution >= 4 is 45.8 Å². The molecule has 4 aromatic carbocycles. The number of amides is 3. The van der Waals surface area contributed by atoms with Crippen LogP contribution in [0, 0.1) is 0 Å². The van der Waals surface area contributed by atoms with Gasteiger partial charge in [0, 0.05) is 28.7 Å². The van der Waals surface area contributed by atoms with E-state index in [9.17, 15) is 19.2 Å². The van der Waals surface area contributed by atoms with E-state index >= 15 is 0 Å². The van der Waals surface area contributed by atoms with Gasteiger partial charge in [-0.3, -0.25) is 14.4 Å². The number of hydrogen-bond donors (Lipinski definition) is 0. The molecule has 4 aromatic rings. The van der Waals surface area contributed by atoms with Gasteiger partial charge in [0.05, 0.1) is 11.3 Å². The van der Waals surface area contributed by atoms with Gasteiger partial charge >= 0.3 is 5.97 Å². The number of carbonyl (C=O) groups is 4. The van der Waals surface area contributed by atoms with Crippen molar-refractivity contribution in [2.24, 2.45) is 0 Å². The summed E-state index contributed by atoms with van der Waals surface area (Å²) < 4.78 is 5.25. The number of imide groups is 1. The molecule has 3 amide bonds. The highest BCUT2D eigenvalue weighted by molar-refractivity contribution is 6.35. The predicted molar refractivity (Wildman–Crippen MR) is 134 cm³/mol. The van der Waals surface area contributed by atoms with Gasteiger partial charge in [-0.2, -0.15) is 0 Å². The second-order valence-electron chi connectivity index (χ2n) is 8.70. The van der Waals surface area contributed by atoms with E-state index in [2.05, 4.69) is 0 Å². The summed E-state index contributed by atoms with van der Waals surface area (Å²) in [5.74, 6) is -1.79. The first-order valence-electron chi connectivity index (χ1n) is 11.6. The van der Waals surface area contributed by atoms with Gasteiger partial charge in [-0.05, 0) is 59.8 Å². The lowest BCUT2D eigenvalue weighted by atomic mass is 9.94. The van der Waals surface area contributed by atoms with Crippen LogP contribution in [-0.2, 0) is 16.0 Å². The van der Waals surface area contributed by atoms with Gasteiger partial charge in [0.1, 0.15) is 0 Å². The van der Waals surface area contributed by atoms with Gasteiger partial charge in [0.25, 0.3) is 17.7 Å². The van der Waals surface area contributed by atoms with Crippen LogP contribution in [0.4, 0.5) is 11.4 Å². The molecule has 7 nitrogen and oxygen atoms in total. The highest BCUT2D eigenvalue weighted by Gasteiger charge is 2.34. The molecule has 0 saturated carbocycles. The number of ether oxygens (including phenoxy) is 1. The van der Waals surface area contributed by atoms with Crippen LogP contribution in [-0.4, -0.2) is 36.8 Å². The van der Waals surface area contributed by atoms with Crippen LogP contribution in [0.25, 0.3) is 10.8 Å². The number of nitrogens with zero attached hydrogens (tertiary/aromatic N) is 2. The third-order valence-electron chi connectivity index (χ3n) is 6.65. The van der Waals surface area contributed by atoms with Crippen molar-refractivity contribution < 1.29 is 23.9 Å². The second-order valence-corrected chi connectivity index (χ2v) is 8.70. The third kappa shape index (κ3) is 3.44. The number of esters is 1. The van der Waals surface area contributed by atoms with Crippen LogP contribution < -0.4 is 9.80 Å². The molecule has 0 fully saturated rings. The number of para-hydroxylation sites is 1. The highest BCUT2D eigenvalue weighted by atomic mass is 16.5. The topological polar surface area (TPSA) is 84.0 Å². The summed E-state index contributed by atoms with van der Waals surface area (Å²) in [5, 5.41) is 1.48. The summed E-state index contributed by atoms with van der Waals surface area (Å²) in [6.45, 7) is 0.179. The van der Waals surface area contributed by atoms with Crippen molar-refractivity contribution in [3.8, 4) is 0 Å². The van der Waals surface area contributed by atoms with E-state index < -0.39 is 17.8 Å². The van der Waals surface area contributed by atoms with Crippen LogP contribution in [0.1, 0.15) is 36.6 Å². The van der Waals surface area contributed by atoms with Crippen LogP contribution in [0.5, 0.6) is 0 Å². The minimum Gasteiger partial charge on any atom is -0.452 e. The molecule has 0 N–H and O–H groups in total. The average molecular weight is 476 g/mol. The molecule has 0 spiro atoms. The lowest BCUT2D eigenvalue weighted by Gasteiger charge is -2.27. The molecule has 0 saturated heterocycles. The minimum atomic E-state index is -0.659. The highest BCUT2D eigenvalue weighted by Crippen LogP contribution is 2.33. The summed E-state index contributed by atoms with van der Waals surface area (Å²) in [4.78, 5) is 54.3. The maximum atomic E-state index is 13.2. The molecule has 2 heterocycles. The number of benzene rings is 4. The van der Waals surface area contributed by atoms with Crippen molar-refractivity contribution in [3.63, 3.8) is 0 Å². The summed E-state index contributed by atoms with van der Waals surface area (Å²) in [5.41, 5.74) is 3.40. The SMILES string of the molecule is O=C(OCC(=O)N1CCc2ccccc21)c1ccc(N2C(=O)c3cccc4cccc(c34)C2=O)cc1. The van der Waals surface area contributed by atoms with Crippen molar-refractivity contribution in [1.29, 1.82) is 0 Å². The first-order chi connectivity index (χ1) is 17.5. The molecule has 6 rings (SSSR count). The lowest BCUT2D eigenvalue weighted by molar-refractivity contribution is -0.121. The summed E-state index contributed by atoms with van der Waals surface area (Å²) in [6, 6.07) is 24.4. The lowest BCUT2D eigenvalue weighted by Crippen LogP contribution is -2.40. The Kier molecular flexibility index (Phi) is 5.11. The fourth-order valence-electron chi connectivity index (χ4n) is 4.90. The van der Waals surface area contributed by atoms with Crippen molar-refractivity contribution in [3.05, 3.63) is 107 Å². The molecular weight excluding hydrogens is 456 g/mol. The second kappa shape index (κ2) is 8.46. The van der Waals surface area contributed by atoms with Gasteiger partial charge in [0.2, 0.25) is 0 Å². The molecule has 0 aromatic heterocycles. The molecule has 2 aliphatic rings. The zero-order valence-corrected chi connectivity index (χ0v) is 19.1. The number of hydrogen-bond acceptors (Lipinski definition) is 5. The van der Waals surface area contributed by atoms with E-state index in [0.717, 1.165) is 28.0 Å². The number of anilines is 2. The number of rotatable bonds is 4. The Morgan fingerprint density at radius 1 is 0.778 bits per heavy atom. The first-order valence-corrected chi connectivity index (χ1v) is 11.6. The number of fused-ring (bicyclic) bond motifs is 1. The zero-order valence-electron chi connectivity index (χ0n) is 19.1. The van der Waals surface area contributed by atoms with Gasteiger partial charge in [-0.15, -0.1) is 0 Å². The van der Waals surface area contributed by atoms with Crippen LogP contribution in [0.2, 0.25) is 0 Å². The molecule has 176 valence electrons. The maximum Gasteiger partial charge on any atom is 0.338 e. The van der Waals surface area contributed by atoms with Crippen molar-refractivity contribution in [2.45, 2.75) is 6.42 Å². The largest absolute Gasteiger partial charge is 0.452 e. The van der Waals surface area contributed by atoms with Crippen LogP contribution >= 0.6 is 0 Å². The third-order valence-corrected chi connectivity index (χ3v) is 6.65. The van der Waals surface area contributed by atoms with E-state index in [4.69, 9.17) is 4.74 Å². The Hall–Kier alpha value is -4.78. The Labute approximate surface area is 206 Å². The Bertz CT molecular complexity index is 1520. The molecule has 2 aliphatic heterocycles. The van der Waals surface area contributed by atoms with Gasteiger partial charge in [0.15, 0.2) is 6.61 Å². The van der Waals surface area contributed by atoms with Gasteiger partial charge in [-0.1, -0.05) is 42.5 Å². The fourth-order valence-corrected chi connectivity index (χ4v) is 4.90. The van der Waals surface area contributed by atoms with E-state index in [0.29, 0.717) is 28.7 Å². The van der Waals surface area contributed by atoms with E-state index in [1.165, 1.54) is 24.3 Å². The Balaban J connectivity index is 1.17. The Morgan fingerprint density at radius 2 is 1.44 bits per heavy atom. The molecule has 7 heteroatoms. The normalized spacial score (nSPS) is 14.2. The van der Waals surface area contributed by atoms with Crippen LogP contribution in [0.3, 0.4) is 0 Å². The predicted octanol–water partition coefficient (Wildman–Crippen LogP) is 4.39. The molecule has 0 bridgehead atoms. The first kappa shape index (κ1) is 21.7. The summed E-state index contributed by atoms with van der Waals surface area (Å²) in [6.07, 6.45) is 0.768.